The molecule has 0 aromatic heterocycles. The second-order valence-electron chi connectivity index (χ2n) is 7.35. The lowest BCUT2D eigenvalue weighted by Gasteiger charge is -2.22. The van der Waals surface area contributed by atoms with E-state index in [4.69, 9.17) is 9.47 Å². The van der Waals surface area contributed by atoms with Crippen molar-refractivity contribution < 1.29 is 32.7 Å². The van der Waals surface area contributed by atoms with Gasteiger partial charge in [0.2, 0.25) is 0 Å². The predicted molar refractivity (Wildman–Crippen MR) is 104 cm³/mol. The average Bonchev–Trinajstić information content (AvgIpc) is 2.91. The topological polar surface area (TPSA) is 94.4 Å². The van der Waals surface area contributed by atoms with Gasteiger partial charge in [0.1, 0.15) is 0 Å². The number of halogens is 2. The Kier molecular flexibility index (Phi) is 8.58. The van der Waals surface area contributed by atoms with E-state index in [0.717, 1.165) is 6.07 Å². The number of amides is 1. The molecule has 168 valence electrons. The largest absolute Gasteiger partial charge is 0.493 e. The van der Waals surface area contributed by atoms with E-state index in [2.05, 4.69) is 4.74 Å². The lowest BCUT2D eigenvalue weighted by Crippen LogP contribution is -2.36. The van der Waals surface area contributed by atoms with Crippen molar-refractivity contribution in [3.63, 3.8) is 0 Å². The monoisotopic (exact) mass is 431 g/mol. The summed E-state index contributed by atoms with van der Waals surface area (Å²) in [5.74, 6) is -0.160. The normalized spacial score (nSPS) is 15.2. The van der Waals surface area contributed by atoms with Crippen LogP contribution in [-0.4, -0.2) is 67.3 Å². The molecule has 0 aliphatic carbocycles. The van der Waals surface area contributed by atoms with Gasteiger partial charge in [0.15, 0.2) is 11.5 Å². The number of hydrogen-bond acceptors (Lipinski definition) is 7. The molecule has 0 unspecified atom stereocenters. The first-order valence-electron chi connectivity index (χ1n) is 9.65. The molecule has 30 heavy (non-hydrogen) atoms. The molecule has 0 radical (unpaired) electrons. The summed E-state index contributed by atoms with van der Waals surface area (Å²) >= 11 is 0. The number of methoxy groups -OCH3 is 1. The smallest absolute Gasteiger partial charge is 0.409 e. The van der Waals surface area contributed by atoms with Crippen LogP contribution in [-0.2, 0) is 11.3 Å². The van der Waals surface area contributed by atoms with Gasteiger partial charge in [-0.05, 0) is 18.4 Å². The van der Waals surface area contributed by atoms with Gasteiger partial charge in [0.25, 0.3) is 5.69 Å². The van der Waals surface area contributed by atoms with Crippen LogP contribution in [0.2, 0.25) is 0 Å². The standard InChI is InChI=1S/C19H27F2N3O6/c1-13(2)12-29-19(25)23-6-4-5-22(7-8-23)11-14-9-16(28-3)17(30-18(20)21)10-15(14)24(26)27/h9-10,13,18H,4-8,11-12H2,1-3H3. The molecule has 11 heteroatoms. The number of carbonyl (C=O) groups excluding carboxylic acids is 1. The zero-order valence-corrected chi connectivity index (χ0v) is 17.3. The number of nitrogens with zero attached hydrogens (tertiary/aromatic N) is 3. The number of hydrogen-bond donors (Lipinski definition) is 0. The summed E-state index contributed by atoms with van der Waals surface area (Å²) in [7, 11) is 1.27. The molecule has 0 atom stereocenters. The molecule has 1 aromatic carbocycles. The van der Waals surface area contributed by atoms with Crippen LogP contribution >= 0.6 is 0 Å². The van der Waals surface area contributed by atoms with Gasteiger partial charge in [-0.1, -0.05) is 13.8 Å². The minimum absolute atomic E-state index is 0.00962. The van der Waals surface area contributed by atoms with Gasteiger partial charge >= 0.3 is 12.7 Å². The van der Waals surface area contributed by atoms with Crippen LogP contribution in [0.15, 0.2) is 12.1 Å². The highest BCUT2D eigenvalue weighted by Gasteiger charge is 2.25. The Hall–Kier alpha value is -2.69. The third kappa shape index (κ3) is 6.68. The molecule has 1 aromatic rings. The number of nitro groups is 1. The Labute approximate surface area is 173 Å². The Morgan fingerprint density at radius 2 is 1.93 bits per heavy atom. The number of benzene rings is 1. The van der Waals surface area contributed by atoms with E-state index in [1.54, 1.807) is 4.90 Å². The van der Waals surface area contributed by atoms with Gasteiger partial charge < -0.3 is 19.1 Å². The Morgan fingerprint density at radius 1 is 1.20 bits per heavy atom. The van der Waals surface area contributed by atoms with Crippen molar-refractivity contribution in [3.8, 4) is 11.5 Å². The van der Waals surface area contributed by atoms with E-state index in [1.807, 2.05) is 18.7 Å². The summed E-state index contributed by atoms with van der Waals surface area (Å²) in [4.78, 5) is 26.6. The molecule has 2 rings (SSSR count). The van der Waals surface area contributed by atoms with E-state index in [-0.39, 0.29) is 30.0 Å². The highest BCUT2D eigenvalue weighted by Crippen LogP contribution is 2.36. The summed E-state index contributed by atoms with van der Waals surface area (Å²) in [5.41, 5.74) is -0.0156. The van der Waals surface area contributed by atoms with Gasteiger partial charge in [-0.25, -0.2) is 4.79 Å². The Bertz CT molecular complexity index is 747. The van der Waals surface area contributed by atoms with Crippen LogP contribution in [0.3, 0.4) is 0 Å². The highest BCUT2D eigenvalue weighted by molar-refractivity contribution is 5.67. The number of alkyl halides is 2. The van der Waals surface area contributed by atoms with Gasteiger partial charge in [-0.2, -0.15) is 8.78 Å². The summed E-state index contributed by atoms with van der Waals surface area (Å²) in [6.45, 7) is 3.39. The second-order valence-corrected chi connectivity index (χ2v) is 7.35. The van der Waals surface area contributed by atoms with Gasteiger partial charge in [0, 0.05) is 38.3 Å². The fourth-order valence-electron chi connectivity index (χ4n) is 3.12. The van der Waals surface area contributed by atoms with Crippen molar-refractivity contribution in [2.45, 2.75) is 33.4 Å². The maximum absolute atomic E-state index is 12.6. The van der Waals surface area contributed by atoms with Crippen molar-refractivity contribution >= 4 is 11.8 Å². The summed E-state index contributed by atoms with van der Waals surface area (Å²) < 4.78 is 39.8. The van der Waals surface area contributed by atoms with Crippen LogP contribution in [0.1, 0.15) is 25.8 Å². The second kappa shape index (κ2) is 10.9. The van der Waals surface area contributed by atoms with E-state index < -0.39 is 17.3 Å². The molecule has 0 bridgehead atoms. The average molecular weight is 431 g/mol. The van der Waals surface area contributed by atoms with Crippen LogP contribution in [0.4, 0.5) is 19.3 Å². The number of rotatable bonds is 8. The van der Waals surface area contributed by atoms with Crippen LogP contribution < -0.4 is 9.47 Å². The molecule has 0 N–H and O–H groups in total. The van der Waals surface area contributed by atoms with Crippen molar-refractivity contribution in [3.05, 3.63) is 27.8 Å². The quantitative estimate of drug-likeness (QED) is 0.459. The lowest BCUT2D eigenvalue weighted by molar-refractivity contribution is -0.385. The molecule has 1 aliphatic rings. The molecule has 1 heterocycles. The maximum atomic E-state index is 12.6. The molecule has 1 aliphatic heterocycles. The first-order valence-corrected chi connectivity index (χ1v) is 9.65. The first kappa shape index (κ1) is 23.6. The summed E-state index contributed by atoms with van der Waals surface area (Å²) in [5, 5.41) is 11.5. The first-order chi connectivity index (χ1) is 14.2. The van der Waals surface area contributed by atoms with E-state index in [9.17, 15) is 23.7 Å². The fraction of sp³-hybridized carbons (Fsp3) is 0.632. The summed E-state index contributed by atoms with van der Waals surface area (Å²) in [6, 6.07) is 2.29. The molecule has 0 saturated carbocycles. The Balaban J connectivity index is 2.11. The van der Waals surface area contributed by atoms with Crippen molar-refractivity contribution in [2.24, 2.45) is 5.92 Å². The van der Waals surface area contributed by atoms with E-state index in [0.29, 0.717) is 44.8 Å². The fourth-order valence-corrected chi connectivity index (χ4v) is 3.12. The zero-order chi connectivity index (χ0) is 22.3. The molecule has 0 spiro atoms. The van der Waals surface area contributed by atoms with Gasteiger partial charge in [0.05, 0.1) is 24.7 Å². The zero-order valence-electron chi connectivity index (χ0n) is 17.3. The van der Waals surface area contributed by atoms with E-state index >= 15 is 0 Å². The lowest BCUT2D eigenvalue weighted by atomic mass is 10.1. The molecule has 1 fully saturated rings. The molecule has 1 saturated heterocycles. The minimum Gasteiger partial charge on any atom is -0.493 e. The third-order valence-corrected chi connectivity index (χ3v) is 4.56. The number of carbonyl (C=O) groups is 1. The highest BCUT2D eigenvalue weighted by atomic mass is 19.3. The van der Waals surface area contributed by atoms with Gasteiger partial charge in [-0.15, -0.1) is 0 Å². The van der Waals surface area contributed by atoms with Crippen molar-refractivity contribution in [1.29, 1.82) is 0 Å². The van der Waals surface area contributed by atoms with Crippen LogP contribution in [0, 0.1) is 16.0 Å². The maximum Gasteiger partial charge on any atom is 0.409 e. The van der Waals surface area contributed by atoms with Crippen LogP contribution in [0.25, 0.3) is 0 Å². The van der Waals surface area contributed by atoms with E-state index in [1.165, 1.54) is 13.2 Å². The van der Waals surface area contributed by atoms with Crippen molar-refractivity contribution in [2.75, 3.05) is 39.9 Å². The van der Waals surface area contributed by atoms with Gasteiger partial charge in [-0.3, -0.25) is 15.0 Å². The number of nitro benzene ring substituents is 1. The molecule has 1 amide bonds. The number of ether oxygens (including phenoxy) is 3. The summed E-state index contributed by atoms with van der Waals surface area (Å²) in [6.07, 6.45) is 0.306. The third-order valence-electron chi connectivity index (χ3n) is 4.56. The SMILES string of the molecule is COc1cc(CN2CCCN(C(=O)OCC(C)C)CC2)c([N+](=O)[O-])cc1OC(F)F. The molecular weight excluding hydrogens is 404 g/mol. The minimum atomic E-state index is -3.13. The van der Waals surface area contributed by atoms with Crippen LogP contribution in [0.5, 0.6) is 11.5 Å². The Morgan fingerprint density at radius 3 is 2.53 bits per heavy atom. The molecular formula is C19H27F2N3O6. The molecule has 9 nitrogen and oxygen atoms in total. The predicted octanol–water partition coefficient (Wildman–Crippen LogP) is 3.51. The van der Waals surface area contributed by atoms with Crippen molar-refractivity contribution in [1.82, 2.24) is 9.80 Å².